The number of hydrogen-bond donors (Lipinski definition) is 2. The number of nitrogens with one attached hydrogen (secondary N) is 1. The molecule has 0 atom stereocenters. The normalized spacial score (nSPS) is 10.7. The Balaban J connectivity index is 2.01. The van der Waals surface area contributed by atoms with Crippen molar-refractivity contribution >= 4 is 15.9 Å². The van der Waals surface area contributed by atoms with E-state index in [2.05, 4.69) is 46.4 Å². The highest BCUT2D eigenvalue weighted by atomic mass is 79.9. The average Bonchev–Trinajstić information content (AvgIpc) is 2.52. The first-order valence-electron chi connectivity index (χ1n) is 7.48. The van der Waals surface area contributed by atoms with Gasteiger partial charge in [0.25, 0.3) is 0 Å². The SMILES string of the molecule is Cc1ccccc1COc1ccc(Br)cc1CNCCCO. The number of halogens is 1. The van der Waals surface area contributed by atoms with Crippen LogP contribution in [0.3, 0.4) is 0 Å². The number of ether oxygens (including phenoxy) is 1. The Kier molecular flexibility index (Phi) is 6.90. The smallest absolute Gasteiger partial charge is 0.124 e. The highest BCUT2D eigenvalue weighted by Crippen LogP contribution is 2.24. The zero-order valence-corrected chi connectivity index (χ0v) is 14.4. The fraction of sp³-hybridized carbons (Fsp3) is 0.333. The lowest BCUT2D eigenvalue weighted by molar-refractivity contribution is 0.285. The van der Waals surface area contributed by atoms with Crippen LogP contribution in [-0.2, 0) is 13.2 Å². The van der Waals surface area contributed by atoms with E-state index in [1.165, 1.54) is 11.1 Å². The van der Waals surface area contributed by atoms with Crippen molar-refractivity contribution < 1.29 is 9.84 Å². The minimum atomic E-state index is 0.210. The van der Waals surface area contributed by atoms with Gasteiger partial charge in [0.2, 0.25) is 0 Å². The number of benzene rings is 2. The molecule has 0 amide bonds. The van der Waals surface area contributed by atoms with Gasteiger partial charge in [0.1, 0.15) is 12.4 Å². The van der Waals surface area contributed by atoms with Crippen molar-refractivity contribution in [3.8, 4) is 5.75 Å². The zero-order chi connectivity index (χ0) is 15.8. The summed E-state index contributed by atoms with van der Waals surface area (Å²) in [5.74, 6) is 0.892. The maximum Gasteiger partial charge on any atom is 0.124 e. The number of aliphatic hydroxyl groups is 1. The van der Waals surface area contributed by atoms with Gasteiger partial charge in [-0.25, -0.2) is 0 Å². The van der Waals surface area contributed by atoms with Gasteiger partial charge in [-0.15, -0.1) is 0 Å². The third-order valence-corrected chi connectivity index (χ3v) is 3.99. The minimum absolute atomic E-state index is 0.210. The van der Waals surface area contributed by atoms with E-state index in [9.17, 15) is 0 Å². The van der Waals surface area contributed by atoms with Gasteiger partial charge in [-0.3, -0.25) is 0 Å². The maximum absolute atomic E-state index is 8.83. The topological polar surface area (TPSA) is 41.5 Å². The molecule has 0 fully saturated rings. The second-order valence-electron chi connectivity index (χ2n) is 5.22. The third-order valence-electron chi connectivity index (χ3n) is 3.49. The summed E-state index contributed by atoms with van der Waals surface area (Å²) >= 11 is 3.50. The summed E-state index contributed by atoms with van der Waals surface area (Å²) in [5.41, 5.74) is 3.55. The van der Waals surface area contributed by atoms with Crippen LogP contribution in [-0.4, -0.2) is 18.3 Å². The summed E-state index contributed by atoms with van der Waals surface area (Å²) in [6.45, 7) is 4.39. The molecule has 0 aliphatic rings. The summed E-state index contributed by atoms with van der Waals surface area (Å²) in [5, 5.41) is 12.1. The van der Waals surface area contributed by atoms with Crippen molar-refractivity contribution in [3.05, 3.63) is 63.6 Å². The van der Waals surface area contributed by atoms with Crippen molar-refractivity contribution in [3.63, 3.8) is 0 Å². The van der Waals surface area contributed by atoms with Crippen LogP contribution in [0.4, 0.5) is 0 Å². The predicted octanol–water partition coefficient (Wildman–Crippen LogP) is 3.81. The van der Waals surface area contributed by atoms with Crippen LogP contribution >= 0.6 is 15.9 Å². The first-order chi connectivity index (χ1) is 10.7. The molecule has 2 aromatic rings. The van der Waals surface area contributed by atoms with Crippen LogP contribution in [0.1, 0.15) is 23.1 Å². The summed E-state index contributed by atoms with van der Waals surface area (Å²) < 4.78 is 7.04. The van der Waals surface area contributed by atoms with Crippen LogP contribution in [0.2, 0.25) is 0 Å². The Morgan fingerprint density at radius 2 is 1.95 bits per heavy atom. The molecule has 0 heterocycles. The molecule has 2 N–H and O–H groups in total. The van der Waals surface area contributed by atoms with Crippen LogP contribution in [0, 0.1) is 6.92 Å². The van der Waals surface area contributed by atoms with E-state index in [1.807, 2.05) is 24.3 Å². The first kappa shape index (κ1) is 17.0. The lowest BCUT2D eigenvalue weighted by Crippen LogP contribution is -2.16. The molecule has 2 aromatic carbocycles. The molecular weight excluding hydrogens is 342 g/mol. The molecule has 0 bridgehead atoms. The van der Waals surface area contributed by atoms with Crippen LogP contribution in [0.5, 0.6) is 5.75 Å². The monoisotopic (exact) mass is 363 g/mol. The van der Waals surface area contributed by atoms with Gasteiger partial charge in [-0.05, 0) is 49.2 Å². The molecule has 0 saturated carbocycles. The summed E-state index contributed by atoms with van der Waals surface area (Å²) in [4.78, 5) is 0. The van der Waals surface area contributed by atoms with Gasteiger partial charge in [-0.1, -0.05) is 40.2 Å². The van der Waals surface area contributed by atoms with Crippen LogP contribution in [0.25, 0.3) is 0 Å². The van der Waals surface area contributed by atoms with Crippen molar-refractivity contribution in [2.45, 2.75) is 26.5 Å². The van der Waals surface area contributed by atoms with Crippen molar-refractivity contribution in [1.82, 2.24) is 5.32 Å². The van der Waals surface area contributed by atoms with E-state index in [-0.39, 0.29) is 6.61 Å². The van der Waals surface area contributed by atoms with E-state index in [0.29, 0.717) is 6.61 Å². The number of aliphatic hydroxyl groups excluding tert-OH is 1. The average molecular weight is 364 g/mol. The molecule has 4 heteroatoms. The lowest BCUT2D eigenvalue weighted by Gasteiger charge is -2.14. The predicted molar refractivity (Wildman–Crippen MR) is 93.1 cm³/mol. The second-order valence-corrected chi connectivity index (χ2v) is 6.14. The minimum Gasteiger partial charge on any atom is -0.489 e. The molecular formula is C18H22BrNO2. The highest BCUT2D eigenvalue weighted by molar-refractivity contribution is 9.10. The number of rotatable bonds is 8. The van der Waals surface area contributed by atoms with E-state index in [0.717, 1.165) is 35.3 Å². The Morgan fingerprint density at radius 3 is 2.73 bits per heavy atom. The third kappa shape index (κ3) is 5.13. The fourth-order valence-electron chi connectivity index (χ4n) is 2.18. The second kappa shape index (κ2) is 8.93. The van der Waals surface area contributed by atoms with Crippen molar-refractivity contribution in [2.75, 3.05) is 13.2 Å². The van der Waals surface area contributed by atoms with E-state index < -0.39 is 0 Å². The zero-order valence-electron chi connectivity index (χ0n) is 12.8. The molecule has 22 heavy (non-hydrogen) atoms. The van der Waals surface area contributed by atoms with Gasteiger partial charge < -0.3 is 15.2 Å². The fourth-order valence-corrected chi connectivity index (χ4v) is 2.59. The molecule has 2 rings (SSSR count). The Morgan fingerprint density at radius 1 is 1.14 bits per heavy atom. The summed E-state index contributed by atoms with van der Waals surface area (Å²) in [6, 6.07) is 14.3. The summed E-state index contributed by atoms with van der Waals surface area (Å²) in [6.07, 6.45) is 0.757. The molecule has 0 radical (unpaired) electrons. The van der Waals surface area contributed by atoms with Gasteiger partial charge >= 0.3 is 0 Å². The van der Waals surface area contributed by atoms with E-state index in [1.54, 1.807) is 0 Å². The number of hydrogen-bond acceptors (Lipinski definition) is 3. The molecule has 0 aliphatic heterocycles. The Labute approximate surface area is 140 Å². The van der Waals surface area contributed by atoms with Crippen molar-refractivity contribution in [1.29, 1.82) is 0 Å². The van der Waals surface area contributed by atoms with Crippen LogP contribution < -0.4 is 10.1 Å². The van der Waals surface area contributed by atoms with E-state index in [4.69, 9.17) is 9.84 Å². The standard InChI is InChI=1S/C18H22BrNO2/c1-14-5-2-3-6-15(14)13-22-18-8-7-17(19)11-16(18)12-20-9-4-10-21/h2-3,5-8,11,20-21H,4,9-10,12-13H2,1H3. The molecule has 0 aliphatic carbocycles. The van der Waals surface area contributed by atoms with E-state index >= 15 is 0 Å². The quantitative estimate of drug-likeness (QED) is 0.700. The summed E-state index contributed by atoms with van der Waals surface area (Å²) in [7, 11) is 0. The number of aryl methyl sites for hydroxylation is 1. The van der Waals surface area contributed by atoms with Gasteiger partial charge in [0, 0.05) is 23.2 Å². The maximum atomic E-state index is 8.83. The molecule has 118 valence electrons. The van der Waals surface area contributed by atoms with Crippen LogP contribution in [0.15, 0.2) is 46.9 Å². The Hall–Kier alpha value is -1.36. The largest absolute Gasteiger partial charge is 0.489 e. The lowest BCUT2D eigenvalue weighted by atomic mass is 10.1. The van der Waals surface area contributed by atoms with Crippen molar-refractivity contribution in [2.24, 2.45) is 0 Å². The van der Waals surface area contributed by atoms with Gasteiger partial charge in [0.15, 0.2) is 0 Å². The van der Waals surface area contributed by atoms with Gasteiger partial charge in [-0.2, -0.15) is 0 Å². The highest BCUT2D eigenvalue weighted by Gasteiger charge is 2.06. The molecule has 3 nitrogen and oxygen atoms in total. The Bertz CT molecular complexity index is 601. The molecule has 0 aromatic heterocycles. The first-order valence-corrected chi connectivity index (χ1v) is 8.27. The van der Waals surface area contributed by atoms with Gasteiger partial charge in [0.05, 0.1) is 0 Å². The molecule has 0 saturated heterocycles. The molecule has 0 spiro atoms. The molecule has 0 unspecified atom stereocenters.